The van der Waals surface area contributed by atoms with E-state index in [-0.39, 0.29) is 10.8 Å². The summed E-state index contributed by atoms with van der Waals surface area (Å²) in [6, 6.07) is 58.9. The number of anilines is 6. The number of hydrogen-bond acceptors (Lipinski definition) is 2. The summed E-state index contributed by atoms with van der Waals surface area (Å²) in [6.07, 6.45) is -8.74. The summed E-state index contributed by atoms with van der Waals surface area (Å²) in [5, 5.41) is 3.25. The topological polar surface area (TPSA) is 16.3 Å². The van der Waals surface area contributed by atoms with Crippen LogP contribution in [0.25, 0.3) is 55.0 Å². The van der Waals surface area contributed by atoms with E-state index < -0.39 is 65.7 Å². The van der Waals surface area contributed by atoms with Crippen molar-refractivity contribution in [1.82, 2.24) is 9.13 Å². The summed E-state index contributed by atoms with van der Waals surface area (Å²) in [5.74, 6) is 0. The van der Waals surface area contributed by atoms with Gasteiger partial charge in [0.25, 0.3) is 6.71 Å². The number of hydrogen-bond donors (Lipinski definition) is 0. The highest BCUT2D eigenvalue weighted by Crippen LogP contribution is 2.48. The molecule has 0 aliphatic carbocycles. The van der Waals surface area contributed by atoms with Crippen molar-refractivity contribution in [2.24, 2.45) is 27.1 Å². The predicted octanol–water partition coefficient (Wildman–Crippen LogP) is 22.5. The minimum absolute atomic E-state index is 0.158. The van der Waals surface area contributed by atoms with E-state index in [4.69, 9.17) is 0 Å². The summed E-state index contributed by atoms with van der Waals surface area (Å²) in [4.78, 5) is 4.68. The lowest BCUT2D eigenvalue weighted by atomic mass is 9.33. The van der Waals surface area contributed by atoms with Crippen LogP contribution in [0.1, 0.15) is 198 Å². The molecule has 2 aromatic heterocycles. The van der Waals surface area contributed by atoms with Gasteiger partial charge >= 0.3 is 0 Å². The number of fused-ring (bicyclic) bond motifs is 10. The smallest absolute Gasteiger partial charge is 0.252 e. The molecule has 2 aliphatic heterocycles. The highest BCUT2D eigenvalue weighted by atomic mass is 15.2. The van der Waals surface area contributed by atoms with Crippen molar-refractivity contribution in [1.29, 1.82) is 0 Å². The standard InChI is InChI=1S/C87H101BN4/c1-81(2,3)50-55-22-38-72-66(42-55)67-43-56(51-82(4,5)6)23-39-73(67)91(72)64-34-36-70-76(48-64)89(62-30-26-60(27-31-62)86(16,17)18)78-46-59(54-85(13,14)15)47-79-80(78)88(70)71-37-35-65(49-77(71)90(79)63-32-28-61(29-33-63)87(19,20)21)92-74-40-24-57(52-83(7,8)9)44-68(74)69-45-58(25-41-75(69)92)53-84(10,11)12/h22-49H,50-54H2,1-21H3/i50D2,51D2,52D2,53D2,54D2. The van der Waals surface area contributed by atoms with Crippen molar-refractivity contribution in [3.63, 3.8) is 0 Å². The molecule has 5 heteroatoms. The van der Waals surface area contributed by atoms with Gasteiger partial charge in [0.15, 0.2) is 0 Å². The van der Waals surface area contributed by atoms with E-state index in [2.05, 4.69) is 158 Å². The molecule has 0 atom stereocenters. The molecule has 0 saturated carbocycles. The molecule has 11 aromatic rings. The summed E-state index contributed by atoms with van der Waals surface area (Å²) >= 11 is 0. The molecule has 4 nitrogen and oxygen atoms in total. The fourth-order valence-electron chi connectivity index (χ4n) is 14.2. The SMILES string of the molecule is [2H]C([2H])(c1cc2c3c(c1)N(c1ccc(C(C)(C)C)cc1)c1cc(-n4c5ccc(C([2H])([2H])C(C)(C)C)cc5c5cc(C([2H])([2H])C(C)(C)C)ccc54)ccc1B3c1ccc(-n3c4ccc(C([2H])([2H])C(C)(C)C)cc4c4cc(C([2H])([2H])C(C)(C)C)ccc43)cc1N2c1ccc(C(C)(C)C)cc1)C(C)(C)C. The normalized spacial score (nSPS) is 16.5. The second-order valence-electron chi connectivity index (χ2n) is 33.6. The average Bonchev–Trinajstić information content (AvgIpc) is 0.704. The number of benzene rings is 9. The predicted molar refractivity (Wildman–Crippen MR) is 402 cm³/mol. The molecule has 2 aliphatic rings. The number of aromatic nitrogens is 2. The molecule has 472 valence electrons. The van der Waals surface area contributed by atoms with Gasteiger partial charge in [-0.15, -0.1) is 0 Å². The van der Waals surface area contributed by atoms with Crippen LogP contribution in [0.4, 0.5) is 34.1 Å². The third-order valence-electron chi connectivity index (χ3n) is 17.7. The number of nitrogens with zero attached hydrogens (tertiary/aromatic N) is 4. The molecule has 0 N–H and O–H groups in total. The maximum atomic E-state index is 10.3. The molecule has 9 aromatic carbocycles. The van der Waals surface area contributed by atoms with E-state index in [1.807, 2.05) is 177 Å². The largest absolute Gasteiger partial charge is 0.311 e. The Labute approximate surface area is 566 Å². The van der Waals surface area contributed by atoms with Gasteiger partial charge in [-0.1, -0.05) is 206 Å². The summed E-state index contributed by atoms with van der Waals surface area (Å²) < 4.78 is 101. The lowest BCUT2D eigenvalue weighted by Crippen LogP contribution is -2.61. The highest BCUT2D eigenvalue weighted by Gasteiger charge is 2.44. The molecule has 0 spiro atoms. The zero-order valence-electron chi connectivity index (χ0n) is 68.5. The van der Waals surface area contributed by atoms with Crippen LogP contribution in [0.5, 0.6) is 0 Å². The highest BCUT2D eigenvalue weighted by molar-refractivity contribution is 7.00. The molecule has 0 bridgehead atoms. The van der Waals surface area contributed by atoms with E-state index in [0.29, 0.717) is 27.8 Å². The molecule has 0 radical (unpaired) electrons. The van der Waals surface area contributed by atoms with Crippen LogP contribution >= 0.6 is 0 Å². The molecular formula is C87H101BN4. The quantitative estimate of drug-likeness (QED) is 0.134. The first-order valence-electron chi connectivity index (χ1n) is 38.3. The molecule has 0 fully saturated rings. The molecule has 0 saturated heterocycles. The summed E-state index contributed by atoms with van der Waals surface area (Å²) in [7, 11) is 0. The van der Waals surface area contributed by atoms with Crippen LogP contribution in [0, 0.1) is 27.1 Å². The molecule has 13 rings (SSSR count). The summed E-state index contributed by atoms with van der Waals surface area (Å²) in [5.41, 5.74) is 14.2. The monoisotopic (exact) mass is 1220 g/mol. The van der Waals surface area contributed by atoms with Gasteiger partial charge in [0, 0.05) is 80.8 Å². The van der Waals surface area contributed by atoms with Crippen molar-refractivity contribution >= 4 is 101 Å². The Morgan fingerprint density at radius 2 is 0.554 bits per heavy atom. The first-order chi connectivity index (χ1) is 46.8. The third kappa shape index (κ3) is 12.2. The van der Waals surface area contributed by atoms with Crippen molar-refractivity contribution < 1.29 is 13.7 Å². The van der Waals surface area contributed by atoms with Gasteiger partial charge < -0.3 is 18.9 Å². The Kier molecular flexibility index (Phi) is 12.3. The van der Waals surface area contributed by atoms with E-state index >= 15 is 0 Å². The molecule has 0 amide bonds. The van der Waals surface area contributed by atoms with E-state index in [0.717, 1.165) is 105 Å². The fraction of sp³-hybridized carbons (Fsp3) is 0.379. The summed E-state index contributed by atoms with van der Waals surface area (Å²) in [6.45, 7) is 41.9. The molecule has 4 heterocycles. The van der Waals surface area contributed by atoms with Crippen LogP contribution in [-0.2, 0) is 42.7 Å². The first kappa shape index (κ1) is 51.7. The Balaban J connectivity index is 1.15. The van der Waals surface area contributed by atoms with Crippen LogP contribution in [0.15, 0.2) is 170 Å². The average molecular weight is 1220 g/mol. The van der Waals surface area contributed by atoms with E-state index in [1.54, 1.807) is 0 Å². The van der Waals surface area contributed by atoms with Crippen molar-refractivity contribution in [3.8, 4) is 11.4 Å². The van der Waals surface area contributed by atoms with Crippen LogP contribution in [0.3, 0.4) is 0 Å². The maximum Gasteiger partial charge on any atom is 0.252 e. The van der Waals surface area contributed by atoms with Crippen LogP contribution < -0.4 is 26.2 Å². The lowest BCUT2D eigenvalue weighted by molar-refractivity contribution is 0.411. The third-order valence-corrected chi connectivity index (χ3v) is 17.7. The molecule has 0 unspecified atom stereocenters. The minimum Gasteiger partial charge on any atom is -0.311 e. The lowest BCUT2D eigenvalue weighted by Gasteiger charge is -2.45. The fourth-order valence-corrected chi connectivity index (χ4v) is 14.2. The van der Waals surface area contributed by atoms with Gasteiger partial charge in [0.1, 0.15) is 0 Å². The Bertz CT molecular complexity index is 4720. The zero-order valence-corrected chi connectivity index (χ0v) is 58.5. The van der Waals surface area contributed by atoms with Gasteiger partial charge in [-0.2, -0.15) is 0 Å². The Hall–Kier alpha value is -7.76. The van der Waals surface area contributed by atoms with E-state index in [9.17, 15) is 13.7 Å². The van der Waals surface area contributed by atoms with Gasteiger partial charge in [-0.3, -0.25) is 0 Å². The van der Waals surface area contributed by atoms with Gasteiger partial charge in [-0.05, 0) is 234 Å². The second kappa shape index (κ2) is 21.9. The van der Waals surface area contributed by atoms with Crippen LogP contribution in [0.2, 0.25) is 0 Å². The minimum atomic E-state index is -1.88. The van der Waals surface area contributed by atoms with Gasteiger partial charge in [0.05, 0.1) is 22.1 Å². The molecule has 92 heavy (non-hydrogen) atoms. The maximum absolute atomic E-state index is 10.3. The number of rotatable bonds is 9. The van der Waals surface area contributed by atoms with Gasteiger partial charge in [-0.25, -0.2) is 0 Å². The molecular weight excluding hydrogens is 1110 g/mol. The Morgan fingerprint density at radius 1 is 0.283 bits per heavy atom. The van der Waals surface area contributed by atoms with Crippen LogP contribution in [-0.4, -0.2) is 15.8 Å². The van der Waals surface area contributed by atoms with Crippen molar-refractivity contribution in [2.75, 3.05) is 9.80 Å². The zero-order chi connectivity index (χ0) is 74.7. The van der Waals surface area contributed by atoms with Crippen molar-refractivity contribution in [2.45, 2.75) is 188 Å². The van der Waals surface area contributed by atoms with E-state index in [1.165, 1.54) is 11.1 Å². The second-order valence-corrected chi connectivity index (χ2v) is 33.6. The van der Waals surface area contributed by atoms with Crippen molar-refractivity contribution in [3.05, 3.63) is 209 Å². The van der Waals surface area contributed by atoms with Gasteiger partial charge in [0.2, 0.25) is 0 Å². The first-order valence-corrected chi connectivity index (χ1v) is 33.3. The Morgan fingerprint density at radius 3 is 0.826 bits per heavy atom.